The van der Waals surface area contributed by atoms with Gasteiger partial charge in [0.25, 0.3) is 0 Å². The molecule has 0 aliphatic heterocycles. The first kappa shape index (κ1) is 16.2. The van der Waals surface area contributed by atoms with Gasteiger partial charge in [0, 0.05) is 0 Å². The molecule has 2 rings (SSSR count). The van der Waals surface area contributed by atoms with Crippen LogP contribution in [0.4, 0.5) is 0 Å². The molecule has 5 nitrogen and oxygen atoms in total. The van der Waals surface area contributed by atoms with Crippen LogP contribution in [0, 0.1) is 6.92 Å². The number of hydrogen-bond acceptors (Lipinski definition) is 4. The Labute approximate surface area is 130 Å². The van der Waals surface area contributed by atoms with E-state index >= 15 is 0 Å². The Morgan fingerprint density at radius 3 is 2.50 bits per heavy atom. The lowest BCUT2D eigenvalue weighted by Crippen LogP contribution is -2.30. The van der Waals surface area contributed by atoms with Crippen LogP contribution in [-0.2, 0) is 26.2 Å². The van der Waals surface area contributed by atoms with Crippen LogP contribution in [0.25, 0.3) is 0 Å². The summed E-state index contributed by atoms with van der Waals surface area (Å²) < 4.78 is 31.3. The van der Waals surface area contributed by atoms with E-state index in [-0.39, 0.29) is 11.5 Å². The van der Waals surface area contributed by atoms with E-state index in [1.807, 2.05) is 30.3 Å². The van der Waals surface area contributed by atoms with Crippen molar-refractivity contribution in [2.75, 3.05) is 6.54 Å². The van der Waals surface area contributed by atoms with Gasteiger partial charge in [-0.2, -0.15) is 4.72 Å². The lowest BCUT2D eigenvalue weighted by Gasteiger charge is -2.08. The third kappa shape index (κ3) is 4.68. The normalized spacial score (nSPS) is 11.1. The second kappa shape index (κ2) is 7.20. The molecule has 6 heteroatoms. The summed E-state index contributed by atoms with van der Waals surface area (Å²) in [5.41, 5.74) is 1.67. The van der Waals surface area contributed by atoms with Gasteiger partial charge in [0.2, 0.25) is 10.0 Å². The zero-order chi connectivity index (χ0) is 16.0. The minimum absolute atomic E-state index is 0.117. The third-order valence-corrected chi connectivity index (χ3v) is 4.35. The molecule has 0 aromatic heterocycles. The molecule has 116 valence electrons. The number of esters is 1. The topological polar surface area (TPSA) is 72.5 Å². The molecule has 1 N–H and O–H groups in total. The number of benzene rings is 2. The highest BCUT2D eigenvalue weighted by Crippen LogP contribution is 2.10. The highest BCUT2D eigenvalue weighted by molar-refractivity contribution is 7.89. The quantitative estimate of drug-likeness (QED) is 0.827. The molecular formula is C16H17NO4S. The van der Waals surface area contributed by atoms with Crippen molar-refractivity contribution in [3.8, 4) is 0 Å². The molecule has 2 aromatic rings. The first-order chi connectivity index (χ1) is 10.5. The number of rotatable bonds is 6. The summed E-state index contributed by atoms with van der Waals surface area (Å²) in [6.45, 7) is 1.52. The molecule has 0 aliphatic carbocycles. The number of nitrogens with one attached hydrogen (secondary N) is 1. The van der Waals surface area contributed by atoms with Gasteiger partial charge in [0.05, 0.1) is 4.90 Å². The van der Waals surface area contributed by atoms with Gasteiger partial charge in [0.15, 0.2) is 0 Å². The predicted octanol–water partition coefficient (Wildman–Crippen LogP) is 2.02. The molecule has 2 aromatic carbocycles. The first-order valence-corrected chi connectivity index (χ1v) is 8.21. The van der Waals surface area contributed by atoms with E-state index in [0.29, 0.717) is 0 Å². The Morgan fingerprint density at radius 1 is 1.09 bits per heavy atom. The fourth-order valence-electron chi connectivity index (χ4n) is 1.81. The number of ether oxygens (including phenoxy) is 1. The lowest BCUT2D eigenvalue weighted by atomic mass is 10.2. The van der Waals surface area contributed by atoms with Crippen molar-refractivity contribution >= 4 is 16.0 Å². The van der Waals surface area contributed by atoms with Gasteiger partial charge >= 0.3 is 5.97 Å². The largest absolute Gasteiger partial charge is 0.460 e. The van der Waals surface area contributed by atoms with Gasteiger partial charge in [-0.15, -0.1) is 0 Å². The van der Waals surface area contributed by atoms with Crippen molar-refractivity contribution in [2.24, 2.45) is 0 Å². The molecule has 0 spiro atoms. The van der Waals surface area contributed by atoms with Crippen molar-refractivity contribution in [2.45, 2.75) is 18.4 Å². The standard InChI is InChI=1S/C16H17NO4S/c1-13-6-5-9-15(10-13)22(19,20)17-11-16(18)21-12-14-7-3-2-4-8-14/h2-10,17H,11-12H2,1H3. The molecular weight excluding hydrogens is 302 g/mol. The minimum atomic E-state index is -3.71. The maximum atomic E-state index is 12.0. The van der Waals surface area contributed by atoms with Crippen LogP contribution < -0.4 is 4.72 Å². The fourth-order valence-corrected chi connectivity index (χ4v) is 2.88. The van der Waals surface area contributed by atoms with Crippen LogP contribution in [-0.4, -0.2) is 20.9 Å². The molecule has 0 radical (unpaired) electrons. The number of aryl methyl sites for hydroxylation is 1. The van der Waals surface area contributed by atoms with E-state index in [9.17, 15) is 13.2 Å². The van der Waals surface area contributed by atoms with Crippen LogP contribution >= 0.6 is 0 Å². The molecule has 0 fully saturated rings. The first-order valence-electron chi connectivity index (χ1n) is 6.73. The number of carbonyl (C=O) groups excluding carboxylic acids is 1. The van der Waals surface area contributed by atoms with E-state index in [4.69, 9.17) is 4.74 Å². The molecule has 0 heterocycles. The number of sulfonamides is 1. The highest BCUT2D eigenvalue weighted by Gasteiger charge is 2.16. The molecule has 0 saturated carbocycles. The van der Waals surface area contributed by atoms with Crippen molar-refractivity contribution < 1.29 is 17.9 Å². The van der Waals surface area contributed by atoms with E-state index in [0.717, 1.165) is 11.1 Å². The number of hydrogen-bond donors (Lipinski definition) is 1. The van der Waals surface area contributed by atoms with Gasteiger partial charge < -0.3 is 4.74 Å². The Balaban J connectivity index is 1.88. The molecule has 0 unspecified atom stereocenters. The summed E-state index contributed by atoms with van der Waals surface area (Å²) in [4.78, 5) is 11.7. The smallest absolute Gasteiger partial charge is 0.321 e. The summed E-state index contributed by atoms with van der Waals surface area (Å²) in [6.07, 6.45) is 0. The van der Waals surface area contributed by atoms with Crippen LogP contribution in [0.1, 0.15) is 11.1 Å². The van der Waals surface area contributed by atoms with E-state index in [1.54, 1.807) is 19.1 Å². The van der Waals surface area contributed by atoms with Crippen LogP contribution in [0.15, 0.2) is 59.5 Å². The monoisotopic (exact) mass is 319 g/mol. The van der Waals surface area contributed by atoms with Crippen molar-refractivity contribution in [3.05, 3.63) is 65.7 Å². The fraction of sp³-hybridized carbons (Fsp3) is 0.188. The van der Waals surface area contributed by atoms with Crippen LogP contribution in [0.2, 0.25) is 0 Å². The van der Waals surface area contributed by atoms with E-state index in [1.165, 1.54) is 12.1 Å². The van der Waals surface area contributed by atoms with Crippen molar-refractivity contribution in [3.63, 3.8) is 0 Å². The SMILES string of the molecule is Cc1cccc(S(=O)(=O)NCC(=O)OCc2ccccc2)c1. The van der Waals surface area contributed by atoms with E-state index in [2.05, 4.69) is 4.72 Å². The lowest BCUT2D eigenvalue weighted by molar-refractivity contribution is -0.143. The highest BCUT2D eigenvalue weighted by atomic mass is 32.2. The Morgan fingerprint density at radius 2 is 1.82 bits per heavy atom. The second-order valence-electron chi connectivity index (χ2n) is 4.79. The predicted molar refractivity (Wildman–Crippen MR) is 82.6 cm³/mol. The average Bonchev–Trinajstić information content (AvgIpc) is 2.52. The van der Waals surface area contributed by atoms with Gasteiger partial charge in [-0.25, -0.2) is 8.42 Å². The second-order valence-corrected chi connectivity index (χ2v) is 6.55. The van der Waals surface area contributed by atoms with Crippen LogP contribution in [0.5, 0.6) is 0 Å². The van der Waals surface area contributed by atoms with Crippen molar-refractivity contribution in [1.82, 2.24) is 4.72 Å². The Hall–Kier alpha value is -2.18. The molecule has 0 bridgehead atoms. The summed E-state index contributed by atoms with van der Waals surface area (Å²) in [5, 5.41) is 0. The summed E-state index contributed by atoms with van der Waals surface area (Å²) in [6, 6.07) is 15.6. The molecule has 0 aliphatic rings. The van der Waals surface area contributed by atoms with Gasteiger partial charge in [-0.05, 0) is 30.2 Å². The third-order valence-electron chi connectivity index (χ3n) is 2.95. The maximum absolute atomic E-state index is 12.0. The van der Waals surface area contributed by atoms with Gasteiger partial charge in [-0.3, -0.25) is 4.79 Å². The zero-order valence-electron chi connectivity index (χ0n) is 12.2. The minimum Gasteiger partial charge on any atom is -0.460 e. The molecule has 0 amide bonds. The molecule has 22 heavy (non-hydrogen) atoms. The molecule has 0 atom stereocenters. The maximum Gasteiger partial charge on any atom is 0.321 e. The molecule has 0 saturated heterocycles. The zero-order valence-corrected chi connectivity index (χ0v) is 13.0. The summed E-state index contributed by atoms with van der Waals surface area (Å²) >= 11 is 0. The van der Waals surface area contributed by atoms with Gasteiger partial charge in [0.1, 0.15) is 13.2 Å². The van der Waals surface area contributed by atoms with Crippen molar-refractivity contribution in [1.29, 1.82) is 0 Å². The van der Waals surface area contributed by atoms with E-state index < -0.39 is 22.5 Å². The Kier molecular flexibility index (Phi) is 5.30. The van der Waals surface area contributed by atoms with Gasteiger partial charge in [-0.1, -0.05) is 42.5 Å². The van der Waals surface area contributed by atoms with Crippen LogP contribution in [0.3, 0.4) is 0 Å². The Bertz CT molecular complexity index is 742. The average molecular weight is 319 g/mol. The number of carbonyl (C=O) groups is 1. The summed E-state index contributed by atoms with van der Waals surface area (Å²) in [7, 11) is -3.71. The summed E-state index contributed by atoms with van der Waals surface area (Å²) in [5.74, 6) is -0.625.